The van der Waals surface area contributed by atoms with Crippen LogP contribution in [0.4, 0.5) is 13.2 Å². The van der Waals surface area contributed by atoms with Gasteiger partial charge < -0.3 is 4.74 Å². The molecule has 1 aromatic carbocycles. The second-order valence-corrected chi connectivity index (χ2v) is 3.41. The van der Waals surface area contributed by atoms with E-state index in [-0.39, 0.29) is 11.7 Å². The Morgan fingerprint density at radius 3 is 2.44 bits per heavy atom. The van der Waals surface area contributed by atoms with Crippen LogP contribution in [0.1, 0.15) is 24.0 Å². The molecule has 0 saturated heterocycles. The van der Waals surface area contributed by atoms with Gasteiger partial charge in [0, 0.05) is 5.56 Å². The average molecular weight is 229 g/mol. The Bertz CT molecular complexity index is 380. The van der Waals surface area contributed by atoms with Crippen LogP contribution < -0.4 is 4.74 Å². The van der Waals surface area contributed by atoms with Crippen molar-refractivity contribution in [1.29, 1.82) is 0 Å². The molecule has 1 rings (SSSR count). The summed E-state index contributed by atoms with van der Waals surface area (Å²) in [6, 6.07) is 4.47. The number of hydrogen-bond acceptors (Lipinski definition) is 1. The number of halogens is 3. The van der Waals surface area contributed by atoms with Crippen LogP contribution in [0, 0.1) is 6.92 Å². The number of rotatable bonds is 3. The summed E-state index contributed by atoms with van der Waals surface area (Å²) in [5.41, 5.74) is 1.01. The Labute approximate surface area is 92.5 Å². The maximum atomic E-state index is 12.1. The summed E-state index contributed by atoms with van der Waals surface area (Å²) >= 11 is 0. The molecule has 1 aromatic rings. The van der Waals surface area contributed by atoms with E-state index in [1.54, 1.807) is 13.0 Å². The van der Waals surface area contributed by atoms with Gasteiger partial charge in [-0.05, 0) is 24.5 Å². The molecule has 0 bridgehead atoms. The van der Waals surface area contributed by atoms with Crippen LogP contribution in [0.3, 0.4) is 0 Å². The molecule has 1 radical (unpaired) electrons. The van der Waals surface area contributed by atoms with Crippen LogP contribution >= 0.6 is 0 Å². The molecular weight excluding hydrogens is 217 g/mol. The largest absolute Gasteiger partial charge is 0.573 e. The van der Waals surface area contributed by atoms with Gasteiger partial charge in [-0.2, -0.15) is 0 Å². The first-order chi connectivity index (χ1) is 7.35. The van der Waals surface area contributed by atoms with Gasteiger partial charge in [-0.25, -0.2) is 0 Å². The summed E-state index contributed by atoms with van der Waals surface area (Å²) in [5.74, 6) is -0.375. The average Bonchev–Trinajstić information content (AvgIpc) is 2.14. The highest BCUT2D eigenvalue weighted by molar-refractivity contribution is 5.61. The normalized spacial score (nSPS) is 11.6. The van der Waals surface area contributed by atoms with Crippen molar-refractivity contribution in [3.05, 3.63) is 42.8 Å². The van der Waals surface area contributed by atoms with Crippen molar-refractivity contribution >= 4 is 6.08 Å². The Hall–Kier alpha value is -1.45. The third-order valence-corrected chi connectivity index (χ3v) is 2.06. The van der Waals surface area contributed by atoms with Gasteiger partial charge in [-0.1, -0.05) is 31.7 Å². The van der Waals surface area contributed by atoms with E-state index in [1.807, 2.05) is 0 Å². The first-order valence-electron chi connectivity index (χ1n) is 4.69. The van der Waals surface area contributed by atoms with Crippen molar-refractivity contribution in [3.63, 3.8) is 0 Å². The molecule has 0 aliphatic rings. The van der Waals surface area contributed by atoms with E-state index < -0.39 is 6.36 Å². The molecule has 1 unspecified atom stereocenters. The number of alkyl halides is 3. The summed E-state index contributed by atoms with van der Waals surface area (Å²) in [6.07, 6.45) is -3.35. The smallest absolute Gasteiger partial charge is 0.405 e. The highest BCUT2D eigenvalue weighted by Gasteiger charge is 2.32. The molecule has 0 aliphatic heterocycles. The molecular formula is C12H12F3O. The van der Waals surface area contributed by atoms with Crippen LogP contribution in [-0.2, 0) is 0 Å². The molecule has 0 aromatic heterocycles. The van der Waals surface area contributed by atoms with Crippen molar-refractivity contribution in [2.24, 2.45) is 0 Å². The maximum absolute atomic E-state index is 12.1. The second-order valence-electron chi connectivity index (χ2n) is 3.41. The standard InChI is InChI=1S/C12H12F3O/c1-4-9-10(8(2)3)6-5-7-11(9)16-12(13,14)15/h4-8H,1-2H2,3H3. The van der Waals surface area contributed by atoms with E-state index in [4.69, 9.17) is 0 Å². The predicted molar refractivity (Wildman–Crippen MR) is 57.0 cm³/mol. The Morgan fingerprint density at radius 1 is 1.38 bits per heavy atom. The van der Waals surface area contributed by atoms with Gasteiger partial charge in [0.2, 0.25) is 0 Å². The van der Waals surface area contributed by atoms with E-state index >= 15 is 0 Å². The number of hydrogen-bond donors (Lipinski definition) is 0. The van der Waals surface area contributed by atoms with E-state index in [0.717, 1.165) is 0 Å². The molecule has 16 heavy (non-hydrogen) atoms. The van der Waals surface area contributed by atoms with Crippen LogP contribution in [0.5, 0.6) is 5.75 Å². The molecule has 1 nitrogen and oxygen atoms in total. The summed E-state index contributed by atoms with van der Waals surface area (Å²) in [5, 5.41) is 0. The lowest BCUT2D eigenvalue weighted by Crippen LogP contribution is -2.18. The zero-order valence-corrected chi connectivity index (χ0v) is 8.84. The number of ether oxygens (including phenoxy) is 1. The van der Waals surface area contributed by atoms with Crippen molar-refractivity contribution < 1.29 is 17.9 Å². The molecule has 0 heterocycles. The van der Waals surface area contributed by atoms with E-state index in [9.17, 15) is 13.2 Å². The highest BCUT2D eigenvalue weighted by Crippen LogP contribution is 2.32. The number of benzene rings is 1. The van der Waals surface area contributed by atoms with E-state index in [0.29, 0.717) is 11.1 Å². The summed E-state index contributed by atoms with van der Waals surface area (Å²) in [4.78, 5) is 0. The highest BCUT2D eigenvalue weighted by atomic mass is 19.4. The summed E-state index contributed by atoms with van der Waals surface area (Å²) in [6.45, 7) is 9.05. The molecule has 0 spiro atoms. The zero-order chi connectivity index (χ0) is 12.3. The molecule has 4 heteroatoms. The van der Waals surface area contributed by atoms with Gasteiger partial charge >= 0.3 is 6.36 Å². The van der Waals surface area contributed by atoms with Gasteiger partial charge in [-0.15, -0.1) is 13.2 Å². The lowest BCUT2D eigenvalue weighted by atomic mass is 9.96. The zero-order valence-electron chi connectivity index (χ0n) is 8.84. The Kier molecular flexibility index (Phi) is 3.62. The van der Waals surface area contributed by atoms with Crippen LogP contribution in [0.15, 0.2) is 24.8 Å². The van der Waals surface area contributed by atoms with Crippen molar-refractivity contribution in [2.75, 3.05) is 0 Å². The topological polar surface area (TPSA) is 9.23 Å². The van der Waals surface area contributed by atoms with Crippen molar-refractivity contribution in [1.82, 2.24) is 0 Å². The van der Waals surface area contributed by atoms with Crippen LogP contribution in [-0.4, -0.2) is 6.36 Å². The van der Waals surface area contributed by atoms with Crippen LogP contribution in [0.25, 0.3) is 6.08 Å². The first kappa shape index (κ1) is 12.6. The molecule has 87 valence electrons. The van der Waals surface area contributed by atoms with Gasteiger partial charge in [0.25, 0.3) is 0 Å². The van der Waals surface area contributed by atoms with Gasteiger partial charge in [-0.3, -0.25) is 0 Å². The summed E-state index contributed by atoms with van der Waals surface area (Å²) in [7, 11) is 0. The molecule has 0 N–H and O–H groups in total. The third kappa shape index (κ3) is 3.02. The minimum absolute atomic E-state index is 0.134. The van der Waals surface area contributed by atoms with Gasteiger partial charge in [0.1, 0.15) is 5.75 Å². The van der Waals surface area contributed by atoms with Crippen molar-refractivity contribution in [2.45, 2.75) is 19.2 Å². The second kappa shape index (κ2) is 4.60. The van der Waals surface area contributed by atoms with Crippen LogP contribution in [0.2, 0.25) is 0 Å². The maximum Gasteiger partial charge on any atom is 0.573 e. The predicted octanol–water partition coefficient (Wildman–Crippen LogP) is 4.17. The van der Waals surface area contributed by atoms with Gasteiger partial charge in [0.05, 0.1) is 0 Å². The monoisotopic (exact) mass is 229 g/mol. The van der Waals surface area contributed by atoms with Crippen molar-refractivity contribution in [3.8, 4) is 5.75 Å². The Morgan fingerprint density at radius 2 is 2.00 bits per heavy atom. The lowest BCUT2D eigenvalue weighted by molar-refractivity contribution is -0.274. The molecule has 0 fully saturated rings. The SMILES string of the molecule is [CH2]C(C)c1cccc(OC(F)(F)F)c1C=C. The molecule has 1 atom stereocenters. The quantitative estimate of drug-likeness (QED) is 0.756. The Balaban J connectivity index is 3.19. The lowest BCUT2D eigenvalue weighted by Gasteiger charge is -2.16. The fourth-order valence-electron chi connectivity index (χ4n) is 1.42. The van der Waals surface area contributed by atoms with E-state index in [1.165, 1.54) is 18.2 Å². The fourth-order valence-corrected chi connectivity index (χ4v) is 1.42. The minimum atomic E-state index is -4.69. The molecule has 0 saturated carbocycles. The molecule has 0 amide bonds. The fraction of sp³-hybridized carbons (Fsp3) is 0.250. The molecule has 0 aliphatic carbocycles. The first-order valence-corrected chi connectivity index (χ1v) is 4.69. The third-order valence-electron chi connectivity index (χ3n) is 2.06. The summed E-state index contributed by atoms with van der Waals surface area (Å²) < 4.78 is 40.3. The minimum Gasteiger partial charge on any atom is -0.405 e. The van der Waals surface area contributed by atoms with Gasteiger partial charge in [0.15, 0.2) is 0 Å². The van der Waals surface area contributed by atoms with E-state index in [2.05, 4.69) is 18.2 Å².